The van der Waals surface area contributed by atoms with Gasteiger partial charge in [0, 0.05) is 6.04 Å². The van der Waals surface area contributed by atoms with Gasteiger partial charge in [0.05, 0.1) is 7.11 Å². The lowest BCUT2D eigenvalue weighted by Crippen LogP contribution is -2.53. The molecule has 0 aromatic heterocycles. The summed E-state index contributed by atoms with van der Waals surface area (Å²) in [4.78, 5) is 24.0. The molecule has 2 unspecified atom stereocenters. The van der Waals surface area contributed by atoms with Crippen LogP contribution in [0.3, 0.4) is 0 Å². The van der Waals surface area contributed by atoms with Crippen LogP contribution in [0.4, 0.5) is 0 Å². The summed E-state index contributed by atoms with van der Waals surface area (Å²) >= 11 is 0. The van der Waals surface area contributed by atoms with Gasteiger partial charge in [-0.1, -0.05) is 32.4 Å². The standard InChI is InChI=1S/C17H26N4O3/c1-4-10(2)15(16(18)22)19-17(23)14-9-13(20-21-14)11-5-7-12(24-3)8-6-11/h5-8,10,13-15,20-21H,4,9H2,1-3H3,(H2,18,22)(H,19,23)/t10-,13?,14?,15-/m0/s1. The van der Waals surface area contributed by atoms with Gasteiger partial charge in [0.2, 0.25) is 11.8 Å². The number of ether oxygens (including phenoxy) is 1. The normalized spacial score (nSPS) is 22.6. The molecule has 1 saturated heterocycles. The molecule has 2 rings (SSSR count). The number of primary amides is 1. The highest BCUT2D eigenvalue weighted by Gasteiger charge is 2.33. The van der Waals surface area contributed by atoms with Gasteiger partial charge in [-0.25, -0.2) is 10.9 Å². The van der Waals surface area contributed by atoms with Crippen molar-refractivity contribution < 1.29 is 14.3 Å². The number of amides is 2. The van der Waals surface area contributed by atoms with E-state index >= 15 is 0 Å². The first-order valence-electron chi connectivity index (χ1n) is 8.21. The van der Waals surface area contributed by atoms with Crippen molar-refractivity contribution in [1.29, 1.82) is 0 Å². The van der Waals surface area contributed by atoms with E-state index in [4.69, 9.17) is 10.5 Å². The first kappa shape index (κ1) is 18.2. The van der Waals surface area contributed by atoms with Crippen molar-refractivity contribution in [2.24, 2.45) is 11.7 Å². The van der Waals surface area contributed by atoms with E-state index in [-0.39, 0.29) is 17.9 Å². The Balaban J connectivity index is 1.96. The second-order valence-corrected chi connectivity index (χ2v) is 6.18. The largest absolute Gasteiger partial charge is 0.497 e. The van der Waals surface area contributed by atoms with Crippen LogP contribution in [-0.4, -0.2) is 31.0 Å². The van der Waals surface area contributed by atoms with Crippen LogP contribution in [0.25, 0.3) is 0 Å². The van der Waals surface area contributed by atoms with Gasteiger partial charge in [-0.15, -0.1) is 0 Å². The topological polar surface area (TPSA) is 105 Å². The molecular weight excluding hydrogens is 308 g/mol. The van der Waals surface area contributed by atoms with Crippen LogP contribution in [0.1, 0.15) is 38.3 Å². The van der Waals surface area contributed by atoms with E-state index in [0.29, 0.717) is 6.42 Å². The van der Waals surface area contributed by atoms with Crippen LogP contribution in [0.5, 0.6) is 5.75 Å². The Hall–Kier alpha value is -2.12. The van der Waals surface area contributed by atoms with E-state index in [1.54, 1.807) is 7.11 Å². The van der Waals surface area contributed by atoms with Crippen molar-refractivity contribution in [3.63, 3.8) is 0 Å². The second-order valence-electron chi connectivity index (χ2n) is 6.18. The molecule has 0 bridgehead atoms. The summed E-state index contributed by atoms with van der Waals surface area (Å²) in [6, 6.07) is 6.65. The van der Waals surface area contributed by atoms with Crippen molar-refractivity contribution >= 4 is 11.8 Å². The van der Waals surface area contributed by atoms with Crippen molar-refractivity contribution in [3.8, 4) is 5.75 Å². The van der Waals surface area contributed by atoms with Gasteiger partial charge in [-0.2, -0.15) is 0 Å². The Bertz CT molecular complexity index is 576. The SMILES string of the molecule is CC[C@H](C)[C@H](NC(=O)C1CC(c2ccc(OC)cc2)NN1)C(N)=O. The highest BCUT2D eigenvalue weighted by molar-refractivity contribution is 5.89. The number of carbonyl (C=O) groups is 2. The summed E-state index contributed by atoms with van der Waals surface area (Å²) in [5, 5.41) is 2.76. The van der Waals surface area contributed by atoms with Crippen LogP contribution < -0.4 is 26.6 Å². The fourth-order valence-electron chi connectivity index (χ4n) is 2.77. The number of methoxy groups -OCH3 is 1. The highest BCUT2D eigenvalue weighted by Crippen LogP contribution is 2.24. The maximum atomic E-state index is 12.4. The second kappa shape index (κ2) is 8.12. The molecule has 1 aromatic carbocycles. The molecule has 7 nitrogen and oxygen atoms in total. The molecule has 7 heteroatoms. The van der Waals surface area contributed by atoms with Gasteiger partial charge in [0.15, 0.2) is 0 Å². The van der Waals surface area contributed by atoms with E-state index in [9.17, 15) is 9.59 Å². The molecule has 0 spiro atoms. The van der Waals surface area contributed by atoms with E-state index in [1.807, 2.05) is 38.1 Å². The van der Waals surface area contributed by atoms with Gasteiger partial charge >= 0.3 is 0 Å². The van der Waals surface area contributed by atoms with E-state index in [0.717, 1.165) is 17.7 Å². The summed E-state index contributed by atoms with van der Waals surface area (Å²) in [6.07, 6.45) is 1.35. The Morgan fingerprint density at radius 1 is 1.33 bits per heavy atom. The molecule has 0 radical (unpaired) electrons. The quantitative estimate of drug-likeness (QED) is 0.585. The number of hydrogen-bond acceptors (Lipinski definition) is 5. The van der Waals surface area contributed by atoms with E-state index < -0.39 is 18.0 Å². The molecule has 24 heavy (non-hydrogen) atoms. The number of benzene rings is 1. The highest BCUT2D eigenvalue weighted by atomic mass is 16.5. The van der Waals surface area contributed by atoms with Crippen molar-refractivity contribution in [1.82, 2.24) is 16.2 Å². The number of rotatable bonds is 7. The van der Waals surface area contributed by atoms with Gasteiger partial charge < -0.3 is 15.8 Å². The molecule has 0 aliphatic carbocycles. The number of nitrogens with one attached hydrogen (secondary N) is 3. The van der Waals surface area contributed by atoms with Crippen molar-refractivity contribution in [2.75, 3.05) is 7.11 Å². The predicted molar refractivity (Wildman–Crippen MR) is 91.0 cm³/mol. The van der Waals surface area contributed by atoms with Gasteiger partial charge in [-0.05, 0) is 30.0 Å². The summed E-state index contributed by atoms with van der Waals surface area (Å²) < 4.78 is 5.15. The number of hydrogen-bond donors (Lipinski definition) is 4. The minimum absolute atomic E-state index is 0.00167. The van der Waals surface area contributed by atoms with Gasteiger partial charge in [0.1, 0.15) is 17.8 Å². The number of carbonyl (C=O) groups excluding carboxylic acids is 2. The first-order chi connectivity index (χ1) is 11.5. The van der Waals surface area contributed by atoms with Crippen LogP contribution in [-0.2, 0) is 9.59 Å². The summed E-state index contributed by atoms with van der Waals surface area (Å²) in [5.41, 5.74) is 12.6. The predicted octanol–water partition coefficient (Wildman–Crippen LogP) is 0.619. The van der Waals surface area contributed by atoms with Crippen molar-refractivity contribution in [2.45, 2.75) is 44.8 Å². The van der Waals surface area contributed by atoms with Gasteiger partial charge in [0.25, 0.3) is 0 Å². The molecule has 1 aromatic rings. The zero-order valence-corrected chi connectivity index (χ0v) is 14.3. The third-order valence-electron chi connectivity index (χ3n) is 4.56. The summed E-state index contributed by atoms with van der Waals surface area (Å²) in [7, 11) is 1.62. The summed E-state index contributed by atoms with van der Waals surface area (Å²) in [5.74, 6) is 0.0630. The number of hydrazine groups is 1. The molecule has 0 saturated carbocycles. The van der Waals surface area contributed by atoms with Crippen LogP contribution in [0.15, 0.2) is 24.3 Å². The summed E-state index contributed by atoms with van der Waals surface area (Å²) in [6.45, 7) is 3.86. The fourth-order valence-corrected chi connectivity index (χ4v) is 2.77. The molecule has 2 amide bonds. The fraction of sp³-hybridized carbons (Fsp3) is 0.529. The first-order valence-corrected chi connectivity index (χ1v) is 8.21. The van der Waals surface area contributed by atoms with E-state index in [1.165, 1.54) is 0 Å². The third kappa shape index (κ3) is 4.24. The zero-order chi connectivity index (χ0) is 17.7. The minimum Gasteiger partial charge on any atom is -0.497 e. The lowest BCUT2D eigenvalue weighted by Gasteiger charge is -2.22. The Morgan fingerprint density at radius 3 is 2.54 bits per heavy atom. The molecule has 132 valence electrons. The number of nitrogens with two attached hydrogens (primary N) is 1. The molecule has 1 aliphatic rings. The zero-order valence-electron chi connectivity index (χ0n) is 14.3. The molecule has 4 atom stereocenters. The maximum absolute atomic E-state index is 12.4. The average Bonchev–Trinajstić information content (AvgIpc) is 3.08. The minimum atomic E-state index is -0.649. The van der Waals surface area contributed by atoms with Gasteiger partial charge in [-0.3, -0.25) is 9.59 Å². The molecule has 1 fully saturated rings. The maximum Gasteiger partial charge on any atom is 0.240 e. The Kier molecular flexibility index (Phi) is 6.16. The molecule has 1 aliphatic heterocycles. The van der Waals surface area contributed by atoms with Crippen LogP contribution >= 0.6 is 0 Å². The lowest BCUT2D eigenvalue weighted by atomic mass is 9.97. The smallest absolute Gasteiger partial charge is 0.240 e. The van der Waals surface area contributed by atoms with Crippen molar-refractivity contribution in [3.05, 3.63) is 29.8 Å². The van der Waals surface area contributed by atoms with E-state index in [2.05, 4.69) is 16.2 Å². The molecule has 1 heterocycles. The monoisotopic (exact) mass is 334 g/mol. The van der Waals surface area contributed by atoms with Crippen LogP contribution in [0, 0.1) is 5.92 Å². The molecular formula is C17H26N4O3. The third-order valence-corrected chi connectivity index (χ3v) is 4.56. The lowest BCUT2D eigenvalue weighted by molar-refractivity contribution is -0.129. The molecule has 5 N–H and O–H groups in total. The van der Waals surface area contributed by atoms with Crippen LogP contribution in [0.2, 0.25) is 0 Å². The Labute approximate surface area is 142 Å². The average molecular weight is 334 g/mol. The Morgan fingerprint density at radius 2 is 2.00 bits per heavy atom.